The summed E-state index contributed by atoms with van der Waals surface area (Å²) >= 11 is 3.20. The molecule has 0 bridgehead atoms. The van der Waals surface area contributed by atoms with Gasteiger partial charge in [-0.05, 0) is 56.3 Å². The van der Waals surface area contributed by atoms with E-state index in [1.165, 1.54) is 37.8 Å². The standard InChI is InChI=1S/C29H36BrFN4O6SSi/c1-18-11-14-25(41-18)28-32-33-29(35(28)26-23(39-3)9-8-10-24(26)40-4)34(15-16-43(5,6)7)42(37,38)19(2)27(36)21-13-12-20(30)17-22(21)31/h8-14,17,19,27,36H,15-16H2,1-7H3. The number of hydrogen-bond donors (Lipinski definition) is 1. The number of sulfonamides is 1. The van der Waals surface area contributed by atoms with Gasteiger partial charge in [-0.15, -0.1) is 10.2 Å². The molecule has 10 nitrogen and oxygen atoms in total. The Morgan fingerprint density at radius 3 is 2.28 bits per heavy atom. The first kappa shape index (κ1) is 32.7. The SMILES string of the molecule is COc1cccc(OC)c1-n1c(-c2ccc(C)o2)nnc1N(CC[Si](C)(C)C)S(=O)(=O)C(C)C(O)c1ccc(Br)cc1F. The summed E-state index contributed by atoms with van der Waals surface area (Å²) in [7, 11) is -3.23. The van der Waals surface area contributed by atoms with E-state index in [9.17, 15) is 17.9 Å². The minimum absolute atomic E-state index is 0.0463. The Bertz CT molecular complexity index is 1680. The molecule has 0 amide bonds. The van der Waals surface area contributed by atoms with Crippen molar-refractivity contribution in [2.75, 3.05) is 25.1 Å². The zero-order valence-electron chi connectivity index (χ0n) is 25.1. The summed E-state index contributed by atoms with van der Waals surface area (Å²) in [5, 5.41) is 18.5. The van der Waals surface area contributed by atoms with Crippen LogP contribution in [0.1, 0.15) is 24.4 Å². The van der Waals surface area contributed by atoms with E-state index in [0.29, 0.717) is 39.2 Å². The van der Waals surface area contributed by atoms with Crippen molar-refractivity contribution < 1.29 is 31.8 Å². The van der Waals surface area contributed by atoms with Crippen LogP contribution in [0.2, 0.25) is 25.7 Å². The molecule has 0 saturated carbocycles. The smallest absolute Gasteiger partial charge is 0.246 e. The van der Waals surface area contributed by atoms with Gasteiger partial charge >= 0.3 is 0 Å². The number of ether oxygens (including phenoxy) is 2. The Kier molecular flexibility index (Phi) is 9.74. The molecule has 2 heterocycles. The minimum atomic E-state index is -4.39. The first-order valence-electron chi connectivity index (χ1n) is 13.6. The van der Waals surface area contributed by atoms with Gasteiger partial charge in [-0.1, -0.05) is 47.7 Å². The molecule has 2 unspecified atom stereocenters. The van der Waals surface area contributed by atoms with Crippen molar-refractivity contribution in [3.8, 4) is 28.8 Å². The van der Waals surface area contributed by atoms with E-state index < -0.39 is 35.3 Å². The molecule has 2 atom stereocenters. The van der Waals surface area contributed by atoms with Crippen molar-refractivity contribution in [2.24, 2.45) is 0 Å². The van der Waals surface area contributed by atoms with Crippen LogP contribution in [0.4, 0.5) is 10.3 Å². The number of methoxy groups -OCH3 is 2. The van der Waals surface area contributed by atoms with Gasteiger partial charge in [-0.2, -0.15) is 0 Å². The van der Waals surface area contributed by atoms with Crippen molar-refractivity contribution in [1.29, 1.82) is 0 Å². The van der Waals surface area contributed by atoms with Gasteiger partial charge in [0.25, 0.3) is 0 Å². The van der Waals surface area contributed by atoms with Crippen LogP contribution in [-0.4, -0.2) is 62.4 Å². The predicted molar refractivity (Wildman–Crippen MR) is 170 cm³/mol. The maximum Gasteiger partial charge on any atom is 0.246 e. The number of aromatic nitrogens is 3. The Morgan fingerprint density at radius 1 is 1.09 bits per heavy atom. The lowest BCUT2D eigenvalue weighted by Crippen LogP contribution is -2.44. The van der Waals surface area contributed by atoms with Gasteiger partial charge in [0.15, 0.2) is 5.76 Å². The third kappa shape index (κ3) is 6.81. The second kappa shape index (κ2) is 12.8. The lowest BCUT2D eigenvalue weighted by Gasteiger charge is -2.31. The third-order valence-electron chi connectivity index (χ3n) is 7.02. The highest BCUT2D eigenvalue weighted by Crippen LogP contribution is 2.40. The third-order valence-corrected chi connectivity index (χ3v) is 11.4. The first-order valence-corrected chi connectivity index (χ1v) is 19.6. The molecule has 0 aliphatic carbocycles. The highest BCUT2D eigenvalue weighted by molar-refractivity contribution is 9.10. The molecule has 1 N–H and O–H groups in total. The molecule has 0 aliphatic heterocycles. The van der Waals surface area contributed by atoms with Crippen molar-refractivity contribution in [3.63, 3.8) is 0 Å². The number of para-hydroxylation sites is 1. The van der Waals surface area contributed by atoms with Crippen LogP contribution in [0.5, 0.6) is 11.5 Å². The van der Waals surface area contributed by atoms with Crippen molar-refractivity contribution >= 4 is 40.0 Å². The quantitative estimate of drug-likeness (QED) is 0.170. The summed E-state index contributed by atoms with van der Waals surface area (Å²) in [5.74, 6) is 1.14. The number of benzene rings is 2. The molecule has 0 spiro atoms. The zero-order chi connectivity index (χ0) is 31.7. The second-order valence-electron chi connectivity index (χ2n) is 11.3. The minimum Gasteiger partial charge on any atom is -0.494 e. The van der Waals surface area contributed by atoms with E-state index in [1.54, 1.807) is 43.3 Å². The van der Waals surface area contributed by atoms with Gasteiger partial charge in [0.05, 0.1) is 14.2 Å². The van der Waals surface area contributed by atoms with Gasteiger partial charge in [0.1, 0.15) is 40.1 Å². The number of aryl methyl sites for hydroxylation is 1. The van der Waals surface area contributed by atoms with Crippen LogP contribution in [0.25, 0.3) is 17.3 Å². The van der Waals surface area contributed by atoms with E-state index in [1.807, 2.05) is 0 Å². The molecule has 0 radical (unpaired) electrons. The van der Waals surface area contributed by atoms with Crippen LogP contribution < -0.4 is 13.8 Å². The number of furan rings is 1. The maximum absolute atomic E-state index is 14.9. The number of halogens is 2. The van der Waals surface area contributed by atoms with Crippen LogP contribution in [0.3, 0.4) is 0 Å². The lowest BCUT2D eigenvalue weighted by atomic mass is 10.1. The Labute approximate surface area is 260 Å². The molecule has 4 rings (SSSR count). The van der Waals surface area contributed by atoms with E-state index in [2.05, 4.69) is 45.8 Å². The lowest BCUT2D eigenvalue weighted by molar-refractivity contribution is 0.171. The van der Waals surface area contributed by atoms with Gasteiger partial charge in [-0.25, -0.2) is 17.1 Å². The predicted octanol–water partition coefficient (Wildman–Crippen LogP) is 6.35. The zero-order valence-corrected chi connectivity index (χ0v) is 28.5. The fraction of sp³-hybridized carbons (Fsp3) is 0.379. The molecule has 2 aromatic heterocycles. The summed E-state index contributed by atoms with van der Waals surface area (Å²) in [6, 6.07) is 13.3. The number of rotatable bonds is 12. The molecule has 232 valence electrons. The van der Waals surface area contributed by atoms with Crippen molar-refractivity contribution in [1.82, 2.24) is 14.8 Å². The molecule has 2 aromatic carbocycles. The summed E-state index contributed by atoms with van der Waals surface area (Å²) < 4.78 is 64.2. The van der Waals surface area contributed by atoms with Gasteiger partial charge in [0, 0.05) is 24.7 Å². The van der Waals surface area contributed by atoms with E-state index in [0.717, 1.165) is 4.31 Å². The Balaban J connectivity index is 1.97. The van der Waals surface area contributed by atoms with E-state index in [4.69, 9.17) is 13.9 Å². The average molecular weight is 696 g/mol. The molecule has 0 saturated heterocycles. The largest absolute Gasteiger partial charge is 0.494 e. The molecule has 14 heteroatoms. The topological polar surface area (TPSA) is 120 Å². The fourth-order valence-electron chi connectivity index (χ4n) is 4.55. The van der Waals surface area contributed by atoms with Crippen LogP contribution in [-0.2, 0) is 10.0 Å². The summed E-state index contributed by atoms with van der Waals surface area (Å²) in [4.78, 5) is 0. The molecular weight excluding hydrogens is 659 g/mol. The molecular formula is C29H36BrFN4O6SSi. The Morgan fingerprint density at radius 2 is 1.74 bits per heavy atom. The highest BCUT2D eigenvalue weighted by atomic mass is 79.9. The number of aliphatic hydroxyl groups is 1. The summed E-state index contributed by atoms with van der Waals surface area (Å²) in [6.07, 6.45) is -1.67. The second-order valence-corrected chi connectivity index (χ2v) is 20.1. The van der Waals surface area contributed by atoms with Crippen molar-refractivity contribution in [3.05, 3.63) is 70.1 Å². The highest BCUT2D eigenvalue weighted by Gasteiger charge is 2.40. The van der Waals surface area contributed by atoms with Gasteiger partial charge < -0.3 is 19.0 Å². The normalized spacial score (nSPS) is 13.5. The Hall–Kier alpha value is -3.20. The van der Waals surface area contributed by atoms with Crippen LogP contribution in [0.15, 0.2) is 57.4 Å². The van der Waals surface area contributed by atoms with Gasteiger partial charge in [0.2, 0.25) is 21.8 Å². The number of hydrogen-bond acceptors (Lipinski definition) is 8. The number of anilines is 1. The molecule has 0 aliphatic rings. The van der Waals surface area contributed by atoms with Gasteiger partial charge in [-0.3, -0.25) is 4.57 Å². The monoisotopic (exact) mass is 694 g/mol. The van der Waals surface area contributed by atoms with Crippen LogP contribution >= 0.6 is 15.9 Å². The molecule has 0 fully saturated rings. The first-order chi connectivity index (χ1) is 20.2. The summed E-state index contributed by atoms with van der Waals surface area (Å²) in [6.45, 7) is 9.55. The van der Waals surface area contributed by atoms with Crippen LogP contribution in [0, 0.1) is 12.7 Å². The molecule has 43 heavy (non-hydrogen) atoms. The summed E-state index contributed by atoms with van der Waals surface area (Å²) in [5.41, 5.74) is 0.223. The maximum atomic E-state index is 14.9. The molecule has 4 aromatic rings. The number of nitrogens with zero attached hydrogens (tertiary/aromatic N) is 4. The van der Waals surface area contributed by atoms with E-state index in [-0.39, 0.29) is 23.9 Å². The van der Waals surface area contributed by atoms with Crippen molar-refractivity contribution in [2.45, 2.75) is 50.9 Å². The average Bonchev–Trinajstić information content (AvgIpc) is 3.57. The fourth-order valence-corrected chi connectivity index (χ4v) is 7.50. The number of aliphatic hydroxyl groups excluding tert-OH is 1. The van der Waals surface area contributed by atoms with E-state index >= 15 is 0 Å².